The Bertz CT molecular complexity index is 1180. The van der Waals surface area contributed by atoms with E-state index >= 15 is 0 Å². The first-order chi connectivity index (χ1) is 15.0. The van der Waals surface area contributed by atoms with Crippen molar-refractivity contribution in [2.75, 3.05) is 12.0 Å². The third kappa shape index (κ3) is 4.57. The van der Waals surface area contributed by atoms with E-state index in [1.165, 1.54) is 7.11 Å². The molecule has 0 saturated heterocycles. The molecule has 2 heterocycles. The van der Waals surface area contributed by atoms with Gasteiger partial charge in [0.2, 0.25) is 5.82 Å². The summed E-state index contributed by atoms with van der Waals surface area (Å²) >= 11 is 7.19. The van der Waals surface area contributed by atoms with Crippen molar-refractivity contribution in [3.05, 3.63) is 71.1 Å². The number of hydrogen-bond acceptors (Lipinski definition) is 8. The van der Waals surface area contributed by atoms with Crippen LogP contribution < -0.4 is 19.1 Å². The summed E-state index contributed by atoms with van der Waals surface area (Å²) < 4.78 is 16.4. The number of para-hydroxylation sites is 2. The Labute approximate surface area is 185 Å². The zero-order valence-electron chi connectivity index (χ0n) is 16.0. The number of nitrogens with zero attached hydrogens (tertiary/aromatic N) is 3. The second kappa shape index (κ2) is 8.99. The molecule has 0 aliphatic rings. The number of benzene rings is 2. The van der Waals surface area contributed by atoms with E-state index < -0.39 is 12.2 Å². The molecule has 2 aromatic carbocycles. The number of hydrogen-bond donors (Lipinski definition) is 0. The summed E-state index contributed by atoms with van der Waals surface area (Å²) in [4.78, 5) is 35.7. The normalized spacial score (nSPS) is 10.5. The lowest BCUT2D eigenvalue weighted by Gasteiger charge is -2.20. The number of methoxy groups -OCH3 is 1. The van der Waals surface area contributed by atoms with E-state index in [-0.39, 0.29) is 23.2 Å². The first kappa shape index (κ1) is 20.6. The van der Waals surface area contributed by atoms with Gasteiger partial charge in [-0.25, -0.2) is 19.6 Å². The highest BCUT2D eigenvalue weighted by Gasteiger charge is 2.33. The van der Waals surface area contributed by atoms with E-state index in [4.69, 9.17) is 25.8 Å². The number of rotatable bonds is 4. The van der Waals surface area contributed by atoms with Crippen molar-refractivity contribution in [3.8, 4) is 17.4 Å². The van der Waals surface area contributed by atoms with Gasteiger partial charge in [0.25, 0.3) is 5.88 Å². The minimum Gasteiger partial charge on any atom is -0.478 e. The highest BCUT2D eigenvalue weighted by atomic mass is 35.5. The van der Waals surface area contributed by atoms with Crippen molar-refractivity contribution in [1.82, 2.24) is 9.97 Å². The SMILES string of the molecule is COc1nc2cc(Cl)sc2nc1N(C(=O)Oc1ccccc1)C(=O)Oc1ccccc1. The fraction of sp³-hybridized carbons (Fsp3) is 0.0476. The lowest BCUT2D eigenvalue weighted by Crippen LogP contribution is -2.41. The topological polar surface area (TPSA) is 90.9 Å². The van der Waals surface area contributed by atoms with Gasteiger partial charge >= 0.3 is 12.2 Å². The zero-order valence-corrected chi connectivity index (χ0v) is 17.6. The van der Waals surface area contributed by atoms with Crippen molar-refractivity contribution >= 4 is 51.3 Å². The van der Waals surface area contributed by atoms with Crippen LogP contribution in [0.15, 0.2) is 66.7 Å². The second-order valence-electron chi connectivity index (χ2n) is 5.99. The van der Waals surface area contributed by atoms with Crippen LogP contribution in [0, 0.1) is 0 Å². The molecule has 0 bridgehead atoms. The molecule has 0 N–H and O–H groups in total. The van der Waals surface area contributed by atoms with E-state index in [9.17, 15) is 9.59 Å². The number of amides is 2. The molecule has 156 valence electrons. The predicted octanol–water partition coefficient (Wildman–Crippen LogP) is 5.56. The first-order valence-electron chi connectivity index (χ1n) is 8.90. The van der Waals surface area contributed by atoms with Crippen LogP contribution in [0.5, 0.6) is 17.4 Å². The molecule has 0 radical (unpaired) electrons. The van der Waals surface area contributed by atoms with E-state index in [1.54, 1.807) is 66.7 Å². The predicted molar refractivity (Wildman–Crippen MR) is 116 cm³/mol. The number of aromatic nitrogens is 2. The van der Waals surface area contributed by atoms with Crippen LogP contribution in [0.1, 0.15) is 0 Å². The molecular formula is C21H14ClN3O5S. The Kier molecular flexibility index (Phi) is 5.96. The number of ether oxygens (including phenoxy) is 3. The lowest BCUT2D eigenvalue weighted by atomic mass is 10.3. The highest BCUT2D eigenvalue weighted by Crippen LogP contribution is 2.34. The van der Waals surface area contributed by atoms with Crippen molar-refractivity contribution in [1.29, 1.82) is 0 Å². The molecule has 2 amide bonds. The number of thiophene rings is 1. The van der Waals surface area contributed by atoms with Gasteiger partial charge in [0.05, 0.1) is 11.4 Å². The molecule has 4 rings (SSSR count). The standard InChI is InChI=1S/C21H14ClN3O5S/c1-28-18-17(24-19-15(23-18)12-16(22)31-19)25(20(26)29-13-8-4-2-5-9-13)21(27)30-14-10-6-3-7-11-14/h2-12H,1H3. The van der Waals surface area contributed by atoms with Crippen LogP contribution in [0.3, 0.4) is 0 Å². The van der Waals surface area contributed by atoms with Crippen LogP contribution in [0.2, 0.25) is 4.34 Å². The Balaban J connectivity index is 1.76. The number of carbonyl (C=O) groups excluding carboxylic acids is 2. The second-order valence-corrected chi connectivity index (χ2v) is 7.66. The summed E-state index contributed by atoms with van der Waals surface area (Å²) in [5.41, 5.74) is 0.461. The zero-order chi connectivity index (χ0) is 21.8. The Morgan fingerprint density at radius 1 is 0.903 bits per heavy atom. The number of carbonyl (C=O) groups is 2. The largest absolute Gasteiger partial charge is 0.478 e. The molecule has 0 spiro atoms. The molecule has 8 nitrogen and oxygen atoms in total. The van der Waals surface area contributed by atoms with Gasteiger partial charge < -0.3 is 14.2 Å². The summed E-state index contributed by atoms with van der Waals surface area (Å²) in [5, 5.41) is 0. The Morgan fingerprint density at radius 2 is 1.45 bits per heavy atom. The van der Waals surface area contributed by atoms with Gasteiger partial charge in [0.15, 0.2) is 0 Å². The maximum Gasteiger partial charge on any atom is 0.430 e. The molecule has 0 atom stereocenters. The van der Waals surface area contributed by atoms with Gasteiger partial charge in [-0.05, 0) is 30.3 Å². The van der Waals surface area contributed by atoms with Crippen molar-refractivity contribution < 1.29 is 23.8 Å². The van der Waals surface area contributed by atoms with E-state index in [2.05, 4.69) is 9.97 Å². The Hall–Kier alpha value is -3.69. The van der Waals surface area contributed by atoms with Crippen molar-refractivity contribution in [2.45, 2.75) is 0 Å². The molecule has 4 aromatic rings. The average molecular weight is 456 g/mol. The monoisotopic (exact) mass is 455 g/mol. The molecule has 0 saturated carbocycles. The van der Waals surface area contributed by atoms with Crippen LogP contribution in [-0.2, 0) is 0 Å². The molecular weight excluding hydrogens is 442 g/mol. The van der Waals surface area contributed by atoms with Crippen LogP contribution in [-0.4, -0.2) is 29.3 Å². The summed E-state index contributed by atoms with van der Waals surface area (Å²) in [6, 6.07) is 18.2. The van der Waals surface area contributed by atoms with Crippen molar-refractivity contribution in [2.24, 2.45) is 0 Å². The Morgan fingerprint density at radius 3 is 1.97 bits per heavy atom. The fourth-order valence-corrected chi connectivity index (χ4v) is 3.63. The van der Waals surface area contributed by atoms with Crippen LogP contribution >= 0.6 is 22.9 Å². The van der Waals surface area contributed by atoms with Gasteiger partial charge in [-0.1, -0.05) is 48.0 Å². The summed E-state index contributed by atoms with van der Waals surface area (Å²) in [6.07, 6.45) is -2.08. The fourth-order valence-electron chi connectivity index (χ4n) is 2.61. The molecule has 0 fully saturated rings. The quantitative estimate of drug-likeness (QED) is 0.398. The van der Waals surface area contributed by atoms with Crippen LogP contribution in [0.25, 0.3) is 10.3 Å². The third-order valence-electron chi connectivity index (χ3n) is 3.95. The number of fused-ring (bicyclic) bond motifs is 1. The number of halogens is 1. The average Bonchev–Trinajstić information content (AvgIpc) is 3.13. The molecule has 31 heavy (non-hydrogen) atoms. The molecule has 10 heteroatoms. The van der Waals surface area contributed by atoms with Gasteiger partial charge in [-0.3, -0.25) is 0 Å². The maximum absolute atomic E-state index is 13.0. The van der Waals surface area contributed by atoms with Gasteiger partial charge in [-0.15, -0.1) is 11.3 Å². The molecule has 0 aliphatic carbocycles. The number of anilines is 1. The van der Waals surface area contributed by atoms with E-state index in [1.807, 2.05) is 0 Å². The highest BCUT2D eigenvalue weighted by molar-refractivity contribution is 7.22. The van der Waals surface area contributed by atoms with Gasteiger partial charge in [0.1, 0.15) is 21.8 Å². The molecule has 0 aliphatic heterocycles. The van der Waals surface area contributed by atoms with Crippen LogP contribution in [0.4, 0.5) is 15.4 Å². The third-order valence-corrected chi connectivity index (χ3v) is 5.10. The summed E-state index contributed by atoms with van der Waals surface area (Å²) in [6.45, 7) is 0. The maximum atomic E-state index is 13.0. The van der Waals surface area contributed by atoms with Crippen molar-refractivity contribution in [3.63, 3.8) is 0 Å². The number of imide groups is 1. The summed E-state index contributed by atoms with van der Waals surface area (Å²) in [7, 11) is 1.34. The molecule has 0 unspecified atom stereocenters. The van der Waals surface area contributed by atoms with Gasteiger partial charge in [0, 0.05) is 0 Å². The minimum absolute atomic E-state index is 0.0722. The van der Waals surface area contributed by atoms with E-state index in [0.29, 0.717) is 19.6 Å². The summed E-state index contributed by atoms with van der Waals surface area (Å²) in [5.74, 6) is 0.210. The van der Waals surface area contributed by atoms with Gasteiger partial charge in [-0.2, -0.15) is 4.90 Å². The smallest absolute Gasteiger partial charge is 0.430 e. The minimum atomic E-state index is -1.04. The van der Waals surface area contributed by atoms with E-state index in [0.717, 1.165) is 11.3 Å². The molecule has 2 aromatic heterocycles. The lowest BCUT2D eigenvalue weighted by molar-refractivity contribution is 0.190. The first-order valence-corrected chi connectivity index (χ1v) is 10.1.